The second-order valence-electron chi connectivity index (χ2n) is 5.06. The van der Waals surface area contributed by atoms with Gasteiger partial charge in [-0.2, -0.15) is 0 Å². The van der Waals surface area contributed by atoms with Gasteiger partial charge in [-0.05, 0) is 30.9 Å². The van der Waals surface area contributed by atoms with Crippen molar-refractivity contribution in [2.45, 2.75) is 31.7 Å². The van der Waals surface area contributed by atoms with Gasteiger partial charge >= 0.3 is 5.97 Å². The lowest BCUT2D eigenvalue weighted by atomic mass is 9.91. The Morgan fingerprint density at radius 2 is 2.29 bits per heavy atom. The molecule has 1 aromatic carbocycles. The highest BCUT2D eigenvalue weighted by Crippen LogP contribution is 2.37. The highest BCUT2D eigenvalue weighted by atomic mass is 35.5. The molecule has 2 aromatic rings. The number of anilines is 1. The van der Waals surface area contributed by atoms with Gasteiger partial charge in [0, 0.05) is 16.4 Å². The first kappa shape index (κ1) is 14.4. The van der Waals surface area contributed by atoms with Crippen molar-refractivity contribution >= 4 is 34.0 Å². The van der Waals surface area contributed by atoms with E-state index in [4.69, 9.17) is 11.6 Å². The molecule has 6 heteroatoms. The third kappa shape index (κ3) is 3.04. The fraction of sp³-hybridized carbons (Fsp3) is 0.333. The molecule has 1 aromatic heterocycles. The molecule has 1 unspecified atom stereocenters. The molecule has 3 rings (SSSR count). The van der Waals surface area contributed by atoms with Crippen molar-refractivity contribution in [1.82, 2.24) is 4.98 Å². The third-order valence-corrected chi connectivity index (χ3v) is 5.10. The molecule has 2 N–H and O–H groups in total. The van der Waals surface area contributed by atoms with E-state index < -0.39 is 11.9 Å². The minimum absolute atomic E-state index is 0.458. The number of fused-ring (bicyclic) bond motifs is 1. The zero-order valence-corrected chi connectivity index (χ0v) is 12.9. The number of aliphatic carboxylic acids is 1. The SMILES string of the molecule is O=C(O)C1CCCc2sc(NCc3ccccc3Cl)nc21. The molecule has 110 valence electrons. The van der Waals surface area contributed by atoms with E-state index in [0.717, 1.165) is 39.1 Å². The molecule has 21 heavy (non-hydrogen) atoms. The van der Waals surface area contributed by atoms with Crippen LogP contribution in [0.2, 0.25) is 5.02 Å². The molecule has 1 atom stereocenters. The molecule has 1 heterocycles. The van der Waals surface area contributed by atoms with Gasteiger partial charge in [-0.15, -0.1) is 11.3 Å². The van der Waals surface area contributed by atoms with Crippen LogP contribution < -0.4 is 5.32 Å². The van der Waals surface area contributed by atoms with Crippen LogP contribution in [0.1, 0.15) is 34.9 Å². The fourth-order valence-corrected chi connectivity index (χ4v) is 3.81. The molecule has 1 aliphatic carbocycles. The zero-order chi connectivity index (χ0) is 14.8. The minimum atomic E-state index is -0.779. The number of benzene rings is 1. The number of aryl methyl sites for hydroxylation is 1. The number of nitrogens with one attached hydrogen (secondary N) is 1. The van der Waals surface area contributed by atoms with Crippen molar-refractivity contribution in [2.24, 2.45) is 0 Å². The molecular formula is C15H15ClN2O2S. The summed E-state index contributed by atoms with van der Waals surface area (Å²) in [5, 5.41) is 14.0. The summed E-state index contributed by atoms with van der Waals surface area (Å²) in [5.41, 5.74) is 1.74. The van der Waals surface area contributed by atoms with Crippen molar-refractivity contribution in [3.63, 3.8) is 0 Å². The van der Waals surface area contributed by atoms with Gasteiger partial charge < -0.3 is 10.4 Å². The van der Waals surface area contributed by atoms with Crippen LogP contribution in [0.3, 0.4) is 0 Å². The largest absolute Gasteiger partial charge is 0.481 e. The summed E-state index contributed by atoms with van der Waals surface area (Å²) < 4.78 is 0. The first-order valence-electron chi connectivity index (χ1n) is 6.85. The summed E-state index contributed by atoms with van der Waals surface area (Å²) in [6, 6.07) is 7.65. The average Bonchev–Trinajstić information content (AvgIpc) is 2.88. The number of thiazole rings is 1. The first-order chi connectivity index (χ1) is 10.1. The second-order valence-corrected chi connectivity index (χ2v) is 6.55. The highest BCUT2D eigenvalue weighted by Gasteiger charge is 2.29. The van der Waals surface area contributed by atoms with Crippen LogP contribution in [-0.4, -0.2) is 16.1 Å². The fourth-order valence-electron chi connectivity index (χ4n) is 2.55. The zero-order valence-electron chi connectivity index (χ0n) is 11.3. The summed E-state index contributed by atoms with van der Waals surface area (Å²) in [6.07, 6.45) is 2.51. The Hall–Kier alpha value is -1.59. The van der Waals surface area contributed by atoms with Gasteiger partial charge in [-0.25, -0.2) is 4.98 Å². The Kier molecular flexibility index (Phi) is 4.12. The third-order valence-electron chi connectivity index (χ3n) is 3.64. The second kappa shape index (κ2) is 6.03. The Bertz CT molecular complexity index is 671. The Balaban J connectivity index is 1.76. The van der Waals surface area contributed by atoms with E-state index in [9.17, 15) is 9.90 Å². The maximum absolute atomic E-state index is 11.3. The number of hydrogen-bond donors (Lipinski definition) is 2. The highest BCUT2D eigenvalue weighted by molar-refractivity contribution is 7.15. The predicted molar refractivity (Wildman–Crippen MR) is 84.2 cm³/mol. The van der Waals surface area contributed by atoms with Gasteiger partial charge in [-0.3, -0.25) is 4.79 Å². The molecule has 0 fully saturated rings. The first-order valence-corrected chi connectivity index (χ1v) is 8.04. The maximum Gasteiger partial charge on any atom is 0.312 e. The molecule has 0 saturated carbocycles. The van der Waals surface area contributed by atoms with Crippen molar-refractivity contribution < 1.29 is 9.90 Å². The number of halogens is 1. The van der Waals surface area contributed by atoms with Gasteiger partial charge in [-0.1, -0.05) is 29.8 Å². The molecule has 0 saturated heterocycles. The minimum Gasteiger partial charge on any atom is -0.481 e. The van der Waals surface area contributed by atoms with Crippen LogP contribution in [-0.2, 0) is 17.8 Å². The van der Waals surface area contributed by atoms with E-state index >= 15 is 0 Å². The number of aromatic nitrogens is 1. The number of rotatable bonds is 4. The van der Waals surface area contributed by atoms with Gasteiger partial charge in [0.15, 0.2) is 5.13 Å². The van der Waals surface area contributed by atoms with Gasteiger partial charge in [0.25, 0.3) is 0 Å². The standard InChI is InChI=1S/C15H15ClN2O2S/c16-11-6-2-1-4-9(11)8-17-15-18-13-10(14(19)20)5-3-7-12(13)21-15/h1-2,4,6,10H,3,5,7-8H2,(H,17,18)(H,19,20). The number of nitrogens with zero attached hydrogens (tertiary/aromatic N) is 1. The summed E-state index contributed by atoms with van der Waals surface area (Å²) in [4.78, 5) is 16.9. The van der Waals surface area contributed by atoms with E-state index in [1.165, 1.54) is 0 Å². The van der Waals surface area contributed by atoms with E-state index in [1.807, 2.05) is 24.3 Å². The van der Waals surface area contributed by atoms with E-state index in [1.54, 1.807) is 11.3 Å². The Morgan fingerprint density at radius 1 is 1.48 bits per heavy atom. The maximum atomic E-state index is 11.3. The van der Waals surface area contributed by atoms with E-state index in [2.05, 4.69) is 10.3 Å². The quantitative estimate of drug-likeness (QED) is 0.895. The van der Waals surface area contributed by atoms with Gasteiger partial charge in [0.2, 0.25) is 0 Å². The molecule has 0 amide bonds. The summed E-state index contributed by atoms with van der Waals surface area (Å²) in [7, 11) is 0. The van der Waals surface area contributed by atoms with Crippen LogP contribution >= 0.6 is 22.9 Å². The van der Waals surface area contributed by atoms with Crippen molar-refractivity contribution in [3.05, 3.63) is 45.4 Å². The summed E-state index contributed by atoms with van der Waals surface area (Å²) in [6.45, 7) is 0.587. The molecule has 0 radical (unpaired) electrons. The van der Waals surface area contributed by atoms with Crippen molar-refractivity contribution in [1.29, 1.82) is 0 Å². The van der Waals surface area contributed by atoms with E-state index in [-0.39, 0.29) is 0 Å². The Morgan fingerprint density at radius 3 is 3.05 bits per heavy atom. The number of carbonyl (C=O) groups is 1. The van der Waals surface area contributed by atoms with Crippen LogP contribution in [0.4, 0.5) is 5.13 Å². The average molecular weight is 323 g/mol. The molecular weight excluding hydrogens is 308 g/mol. The van der Waals surface area contributed by atoms with Crippen molar-refractivity contribution in [3.8, 4) is 0 Å². The smallest absolute Gasteiger partial charge is 0.312 e. The lowest BCUT2D eigenvalue weighted by molar-refractivity contribution is -0.139. The van der Waals surface area contributed by atoms with Crippen molar-refractivity contribution in [2.75, 3.05) is 5.32 Å². The molecule has 0 aliphatic heterocycles. The Labute approximate surface area is 131 Å². The normalized spacial score (nSPS) is 17.3. The van der Waals surface area contributed by atoms with Crippen LogP contribution in [0.15, 0.2) is 24.3 Å². The number of carboxylic acid groups (broad SMARTS) is 1. The summed E-state index contributed by atoms with van der Waals surface area (Å²) in [5.74, 6) is -1.24. The number of carboxylic acids is 1. The predicted octanol–water partition coefficient (Wildman–Crippen LogP) is 3.91. The summed E-state index contributed by atoms with van der Waals surface area (Å²) >= 11 is 7.67. The molecule has 0 bridgehead atoms. The van der Waals surface area contributed by atoms with Gasteiger partial charge in [0.05, 0.1) is 5.69 Å². The van der Waals surface area contributed by atoms with Crippen LogP contribution in [0.25, 0.3) is 0 Å². The van der Waals surface area contributed by atoms with Crippen LogP contribution in [0, 0.1) is 0 Å². The molecule has 4 nitrogen and oxygen atoms in total. The lowest BCUT2D eigenvalue weighted by Gasteiger charge is -2.16. The molecule has 0 spiro atoms. The van der Waals surface area contributed by atoms with Gasteiger partial charge in [0.1, 0.15) is 5.92 Å². The topological polar surface area (TPSA) is 62.2 Å². The molecule has 1 aliphatic rings. The van der Waals surface area contributed by atoms with E-state index in [0.29, 0.717) is 13.0 Å². The lowest BCUT2D eigenvalue weighted by Crippen LogP contribution is -2.17. The number of hydrogen-bond acceptors (Lipinski definition) is 4. The van der Waals surface area contributed by atoms with Crippen LogP contribution in [0.5, 0.6) is 0 Å². The monoisotopic (exact) mass is 322 g/mol.